The Bertz CT molecular complexity index is 549. The van der Waals surface area contributed by atoms with E-state index in [1.807, 2.05) is 0 Å². The van der Waals surface area contributed by atoms with E-state index in [1.54, 1.807) is 0 Å². The Morgan fingerprint density at radius 2 is 0.914 bits per heavy atom. The standard InChI is InChI=1S/C33H64N2/c1-5-8-11-13-14-15-16-17-18-19-20-22-24-26-31(4)35-30-29-34-33(35)32(27-23-10-7-3)28-25-21-12-9-6-2/h29-32H,5-28H2,1-4H3/p+1. The fourth-order valence-electron chi connectivity index (χ4n) is 5.72. The van der Waals surface area contributed by atoms with Crippen molar-refractivity contribution in [2.45, 2.75) is 194 Å². The van der Waals surface area contributed by atoms with Crippen LogP contribution in [0.1, 0.15) is 200 Å². The van der Waals surface area contributed by atoms with Gasteiger partial charge >= 0.3 is 0 Å². The van der Waals surface area contributed by atoms with Gasteiger partial charge in [0.1, 0.15) is 12.4 Å². The Morgan fingerprint density at radius 3 is 1.40 bits per heavy atom. The zero-order chi connectivity index (χ0) is 25.4. The van der Waals surface area contributed by atoms with Gasteiger partial charge in [0.05, 0.1) is 12.0 Å². The molecule has 1 heterocycles. The summed E-state index contributed by atoms with van der Waals surface area (Å²) in [6.07, 6.45) is 38.3. The van der Waals surface area contributed by atoms with E-state index in [2.05, 4.69) is 49.6 Å². The van der Waals surface area contributed by atoms with E-state index in [-0.39, 0.29) is 0 Å². The van der Waals surface area contributed by atoms with Gasteiger partial charge in [-0.3, -0.25) is 0 Å². The number of rotatable bonds is 26. The molecule has 0 aliphatic carbocycles. The fourth-order valence-corrected chi connectivity index (χ4v) is 5.72. The lowest BCUT2D eigenvalue weighted by atomic mass is 9.93. The van der Waals surface area contributed by atoms with Crippen LogP contribution in [0, 0.1) is 0 Å². The molecule has 0 fully saturated rings. The van der Waals surface area contributed by atoms with Crippen LogP contribution in [-0.2, 0) is 0 Å². The molecule has 0 amide bonds. The van der Waals surface area contributed by atoms with Gasteiger partial charge in [-0.2, -0.15) is 0 Å². The van der Waals surface area contributed by atoms with E-state index in [9.17, 15) is 0 Å². The number of aromatic nitrogens is 2. The Hall–Kier alpha value is -0.790. The number of aromatic amines is 1. The third kappa shape index (κ3) is 16.6. The van der Waals surface area contributed by atoms with Crippen LogP contribution >= 0.6 is 0 Å². The summed E-state index contributed by atoms with van der Waals surface area (Å²) in [6, 6.07) is 0.623. The maximum absolute atomic E-state index is 3.68. The average molecular weight is 490 g/mol. The molecule has 0 bridgehead atoms. The van der Waals surface area contributed by atoms with Crippen molar-refractivity contribution >= 4 is 0 Å². The molecule has 1 N–H and O–H groups in total. The number of unbranched alkanes of at least 4 members (excludes halogenated alkanes) is 18. The summed E-state index contributed by atoms with van der Waals surface area (Å²) < 4.78 is 2.60. The van der Waals surface area contributed by atoms with Gasteiger partial charge in [0.25, 0.3) is 5.82 Å². The molecule has 1 aromatic heterocycles. The maximum Gasteiger partial charge on any atom is 0.257 e. The summed E-state index contributed by atoms with van der Waals surface area (Å²) in [7, 11) is 0. The first-order chi connectivity index (χ1) is 17.2. The van der Waals surface area contributed by atoms with Gasteiger partial charge < -0.3 is 0 Å². The summed E-state index contributed by atoms with van der Waals surface area (Å²) in [5.41, 5.74) is 0. The van der Waals surface area contributed by atoms with Gasteiger partial charge in [-0.1, -0.05) is 149 Å². The quantitative estimate of drug-likeness (QED) is 0.0985. The second-order valence-corrected chi connectivity index (χ2v) is 11.5. The normalized spacial score (nSPS) is 13.4. The molecular weight excluding hydrogens is 424 g/mol. The van der Waals surface area contributed by atoms with Crippen LogP contribution in [0.5, 0.6) is 0 Å². The molecule has 2 atom stereocenters. The van der Waals surface area contributed by atoms with Crippen LogP contribution in [0.15, 0.2) is 12.4 Å². The Morgan fingerprint density at radius 1 is 0.543 bits per heavy atom. The zero-order valence-electron chi connectivity index (χ0n) is 24.7. The Labute approximate surface area is 221 Å². The van der Waals surface area contributed by atoms with E-state index < -0.39 is 0 Å². The minimum atomic E-state index is 0.623. The summed E-state index contributed by atoms with van der Waals surface area (Å²) >= 11 is 0. The lowest BCUT2D eigenvalue weighted by molar-refractivity contribution is -0.727. The van der Waals surface area contributed by atoms with Crippen LogP contribution in [0.4, 0.5) is 0 Å². The molecule has 0 saturated heterocycles. The molecule has 0 radical (unpaired) electrons. The average Bonchev–Trinajstić information content (AvgIpc) is 3.35. The molecule has 2 unspecified atom stereocenters. The van der Waals surface area contributed by atoms with Gasteiger partial charge in [-0.25, -0.2) is 9.55 Å². The Balaban J connectivity index is 2.27. The lowest BCUT2D eigenvalue weighted by Crippen LogP contribution is -2.41. The molecule has 0 aliphatic heterocycles. The van der Waals surface area contributed by atoms with Crippen LogP contribution in [0.2, 0.25) is 0 Å². The van der Waals surface area contributed by atoms with E-state index in [4.69, 9.17) is 0 Å². The first-order valence-corrected chi connectivity index (χ1v) is 16.3. The highest BCUT2D eigenvalue weighted by Crippen LogP contribution is 2.27. The van der Waals surface area contributed by atoms with Crippen molar-refractivity contribution in [3.63, 3.8) is 0 Å². The van der Waals surface area contributed by atoms with Crippen molar-refractivity contribution in [2.24, 2.45) is 0 Å². The number of nitrogens with one attached hydrogen (secondary N) is 1. The molecule has 0 aliphatic rings. The monoisotopic (exact) mass is 490 g/mol. The van der Waals surface area contributed by atoms with Crippen LogP contribution in [-0.4, -0.2) is 4.98 Å². The first-order valence-electron chi connectivity index (χ1n) is 16.3. The first kappa shape index (κ1) is 32.2. The highest BCUT2D eigenvalue weighted by Gasteiger charge is 2.25. The minimum absolute atomic E-state index is 0.623. The SMILES string of the molecule is CCCCCCCCCCCCCCCC(C)[n+]1cc[nH]c1C(CCCCC)CCCCCCC. The smallest absolute Gasteiger partial charge is 0.247 e. The van der Waals surface area contributed by atoms with Crippen molar-refractivity contribution < 1.29 is 4.57 Å². The third-order valence-corrected chi connectivity index (χ3v) is 8.14. The second kappa shape index (κ2) is 23.6. The van der Waals surface area contributed by atoms with Crippen molar-refractivity contribution in [3.8, 4) is 0 Å². The molecule has 2 nitrogen and oxygen atoms in total. The van der Waals surface area contributed by atoms with E-state index in [1.165, 1.54) is 160 Å². The molecule has 1 aromatic rings. The largest absolute Gasteiger partial charge is 0.257 e. The predicted octanol–water partition coefficient (Wildman–Crippen LogP) is 11.4. The van der Waals surface area contributed by atoms with Gasteiger partial charge in [0.15, 0.2) is 0 Å². The molecule has 206 valence electrons. The second-order valence-electron chi connectivity index (χ2n) is 11.5. The number of hydrogen-bond donors (Lipinski definition) is 1. The number of imidazole rings is 1. The van der Waals surface area contributed by atoms with Gasteiger partial charge in [-0.15, -0.1) is 0 Å². The fraction of sp³-hybridized carbons (Fsp3) is 0.909. The van der Waals surface area contributed by atoms with Crippen molar-refractivity contribution in [3.05, 3.63) is 18.2 Å². The molecule has 1 rings (SSSR count). The number of nitrogens with zero attached hydrogens (tertiary/aromatic N) is 1. The number of hydrogen-bond acceptors (Lipinski definition) is 0. The van der Waals surface area contributed by atoms with Gasteiger partial charge in [0.2, 0.25) is 0 Å². The van der Waals surface area contributed by atoms with Crippen molar-refractivity contribution in [1.29, 1.82) is 0 Å². The highest BCUT2D eigenvalue weighted by atomic mass is 15.1. The summed E-state index contributed by atoms with van der Waals surface area (Å²) in [5.74, 6) is 2.23. The minimum Gasteiger partial charge on any atom is -0.247 e. The lowest BCUT2D eigenvalue weighted by Gasteiger charge is -2.17. The van der Waals surface area contributed by atoms with Crippen molar-refractivity contribution in [2.75, 3.05) is 0 Å². The maximum atomic E-state index is 3.68. The zero-order valence-corrected chi connectivity index (χ0v) is 24.7. The molecular formula is C33H65N2+. The predicted molar refractivity (Wildman–Crippen MR) is 156 cm³/mol. The third-order valence-electron chi connectivity index (χ3n) is 8.14. The molecule has 35 heavy (non-hydrogen) atoms. The summed E-state index contributed by atoms with van der Waals surface area (Å²) in [5, 5.41) is 0. The number of H-pyrrole nitrogens is 1. The van der Waals surface area contributed by atoms with E-state index in [0.29, 0.717) is 12.0 Å². The van der Waals surface area contributed by atoms with Crippen molar-refractivity contribution in [1.82, 2.24) is 4.98 Å². The van der Waals surface area contributed by atoms with Gasteiger partial charge in [0, 0.05) is 0 Å². The molecule has 2 heteroatoms. The van der Waals surface area contributed by atoms with Gasteiger partial charge in [-0.05, 0) is 32.6 Å². The summed E-state index contributed by atoms with van der Waals surface area (Å²) in [6.45, 7) is 9.39. The molecule has 0 aromatic carbocycles. The molecule has 0 spiro atoms. The van der Waals surface area contributed by atoms with Crippen LogP contribution in [0.3, 0.4) is 0 Å². The van der Waals surface area contributed by atoms with E-state index >= 15 is 0 Å². The summed E-state index contributed by atoms with van der Waals surface area (Å²) in [4.78, 5) is 3.68. The van der Waals surface area contributed by atoms with E-state index in [0.717, 1.165) is 0 Å². The molecule has 0 saturated carbocycles. The highest BCUT2D eigenvalue weighted by molar-refractivity contribution is 4.90. The topological polar surface area (TPSA) is 19.7 Å². The van der Waals surface area contributed by atoms with Crippen LogP contribution < -0.4 is 4.57 Å². The Kier molecular flexibility index (Phi) is 21.7. The van der Waals surface area contributed by atoms with Crippen LogP contribution in [0.25, 0.3) is 0 Å².